The molecule has 32 heavy (non-hydrogen) atoms. The highest BCUT2D eigenvalue weighted by atomic mass is 16.5. The molecule has 3 aromatic carbocycles. The highest BCUT2D eigenvalue weighted by molar-refractivity contribution is 5.76. The van der Waals surface area contributed by atoms with Gasteiger partial charge in [-0.3, -0.25) is 9.78 Å². The maximum absolute atomic E-state index is 11.5. The summed E-state index contributed by atoms with van der Waals surface area (Å²) in [5.41, 5.74) is 3.67. The van der Waals surface area contributed by atoms with Gasteiger partial charge in [-0.1, -0.05) is 72.8 Å². The molecule has 1 aromatic heterocycles. The second kappa shape index (κ2) is 10.0. The monoisotopic (exact) mass is 422 g/mol. The van der Waals surface area contributed by atoms with Crippen molar-refractivity contribution in [1.82, 2.24) is 4.98 Å². The first kappa shape index (κ1) is 21.5. The Labute approximate surface area is 188 Å². The minimum atomic E-state index is -0.763. The van der Waals surface area contributed by atoms with Gasteiger partial charge in [-0.05, 0) is 40.5 Å². The lowest BCUT2D eigenvalue weighted by Crippen LogP contribution is -2.34. The van der Waals surface area contributed by atoms with Crippen LogP contribution in [0.4, 0.5) is 0 Å². The summed E-state index contributed by atoms with van der Waals surface area (Å²) in [6.07, 6.45) is 5.74. The molecule has 0 spiro atoms. The molecule has 0 saturated heterocycles. The van der Waals surface area contributed by atoms with Crippen molar-refractivity contribution < 1.29 is 14.3 Å². The molecular formula is C28H24NO3. The Morgan fingerprint density at radius 3 is 2.09 bits per heavy atom. The van der Waals surface area contributed by atoms with E-state index in [0.29, 0.717) is 12.0 Å². The smallest absolute Gasteiger partial charge is 0.151 e. The molecule has 0 aliphatic carbocycles. The molecule has 159 valence electrons. The van der Waals surface area contributed by atoms with Gasteiger partial charge >= 0.3 is 0 Å². The number of carbonyl (C=O) groups is 1. The predicted octanol–water partition coefficient (Wildman–Crippen LogP) is 5.41. The molecule has 0 atom stereocenters. The summed E-state index contributed by atoms with van der Waals surface area (Å²) in [5, 5.41) is 0. The van der Waals surface area contributed by atoms with Gasteiger partial charge in [0.15, 0.2) is 6.29 Å². The summed E-state index contributed by atoms with van der Waals surface area (Å²) in [5.74, 6) is 0.808. The number of aldehydes is 1. The van der Waals surface area contributed by atoms with Crippen LogP contribution in [0.1, 0.15) is 32.6 Å². The van der Waals surface area contributed by atoms with Crippen molar-refractivity contribution in [2.75, 3.05) is 7.11 Å². The third-order valence-corrected chi connectivity index (χ3v) is 5.58. The normalized spacial score (nSPS) is 11.2. The van der Waals surface area contributed by atoms with Crippen molar-refractivity contribution in [3.05, 3.63) is 131 Å². The van der Waals surface area contributed by atoms with E-state index in [9.17, 15) is 4.79 Å². The zero-order valence-electron chi connectivity index (χ0n) is 17.9. The molecule has 1 radical (unpaired) electrons. The number of hydrogen-bond acceptors (Lipinski definition) is 4. The minimum absolute atomic E-state index is 0.243. The van der Waals surface area contributed by atoms with Gasteiger partial charge in [-0.25, -0.2) is 0 Å². The predicted molar refractivity (Wildman–Crippen MR) is 124 cm³/mol. The van der Waals surface area contributed by atoms with Crippen molar-refractivity contribution in [3.8, 4) is 5.75 Å². The molecule has 0 saturated carbocycles. The van der Waals surface area contributed by atoms with E-state index in [4.69, 9.17) is 9.47 Å². The lowest BCUT2D eigenvalue weighted by atomic mass is 9.81. The van der Waals surface area contributed by atoms with Gasteiger partial charge in [0.1, 0.15) is 11.4 Å². The SMILES string of the molecule is COc1ccc(CC(OCc2c[c]ncc2C=O)(c2ccccc2)c2ccccc2)cc1. The number of benzene rings is 3. The van der Waals surface area contributed by atoms with Crippen molar-refractivity contribution >= 4 is 6.29 Å². The molecule has 4 heteroatoms. The lowest BCUT2D eigenvalue weighted by Gasteiger charge is -2.36. The topological polar surface area (TPSA) is 48.4 Å². The Morgan fingerprint density at radius 2 is 1.53 bits per heavy atom. The third kappa shape index (κ3) is 4.61. The molecule has 0 unspecified atom stereocenters. The summed E-state index contributed by atoms with van der Waals surface area (Å²) in [6, 6.07) is 30.1. The molecular weight excluding hydrogens is 398 g/mol. The van der Waals surface area contributed by atoms with Crippen molar-refractivity contribution in [1.29, 1.82) is 0 Å². The standard InChI is InChI=1S/C28H24NO3/c1-31-27-14-12-22(13-15-27)18-28(25-8-4-2-5-9-25,26-10-6-3-7-11-26)32-21-23-16-17-29-19-24(23)20-30/h2-16,19-20H,18,21H2,1H3. The van der Waals surface area contributed by atoms with Gasteiger partial charge in [0.25, 0.3) is 0 Å². The van der Waals surface area contributed by atoms with E-state index in [0.717, 1.165) is 34.3 Å². The van der Waals surface area contributed by atoms with Gasteiger partial charge in [-0.2, -0.15) is 0 Å². The first-order valence-electron chi connectivity index (χ1n) is 10.4. The fraction of sp³-hybridized carbons (Fsp3) is 0.143. The molecule has 0 aliphatic rings. The van der Waals surface area contributed by atoms with E-state index >= 15 is 0 Å². The Balaban J connectivity index is 1.81. The molecule has 4 rings (SSSR count). The van der Waals surface area contributed by atoms with Crippen LogP contribution in [0.2, 0.25) is 0 Å². The highest BCUT2D eigenvalue weighted by Gasteiger charge is 2.36. The Morgan fingerprint density at radius 1 is 0.906 bits per heavy atom. The summed E-state index contributed by atoms with van der Waals surface area (Å²) in [6.45, 7) is 0.243. The number of hydrogen-bond donors (Lipinski definition) is 0. The Bertz CT molecular complexity index is 1100. The number of rotatable bonds is 9. The van der Waals surface area contributed by atoms with E-state index < -0.39 is 5.60 Å². The van der Waals surface area contributed by atoms with Crippen LogP contribution in [0, 0.1) is 6.20 Å². The third-order valence-electron chi connectivity index (χ3n) is 5.58. The number of nitrogens with zero attached hydrogens (tertiary/aromatic N) is 1. The number of pyridine rings is 1. The maximum atomic E-state index is 11.5. The number of methoxy groups -OCH3 is 1. The average Bonchev–Trinajstić information content (AvgIpc) is 2.88. The molecule has 0 bridgehead atoms. The molecule has 4 nitrogen and oxygen atoms in total. The van der Waals surface area contributed by atoms with Crippen LogP contribution in [0.3, 0.4) is 0 Å². The second-order valence-corrected chi connectivity index (χ2v) is 7.50. The number of carbonyl (C=O) groups excluding carboxylic acids is 1. The van der Waals surface area contributed by atoms with Crippen molar-refractivity contribution in [2.45, 2.75) is 18.6 Å². The van der Waals surface area contributed by atoms with Gasteiger partial charge in [0.05, 0.1) is 19.9 Å². The van der Waals surface area contributed by atoms with Crippen LogP contribution in [0.15, 0.2) is 97.2 Å². The van der Waals surface area contributed by atoms with Crippen LogP contribution in [0.5, 0.6) is 5.75 Å². The fourth-order valence-corrected chi connectivity index (χ4v) is 3.85. The molecule has 0 amide bonds. The van der Waals surface area contributed by atoms with E-state index in [1.807, 2.05) is 48.5 Å². The molecule has 1 heterocycles. The summed E-state index contributed by atoms with van der Waals surface area (Å²) in [4.78, 5) is 15.5. The van der Waals surface area contributed by atoms with E-state index in [2.05, 4.69) is 47.6 Å². The lowest BCUT2D eigenvalue weighted by molar-refractivity contribution is -0.0307. The summed E-state index contributed by atoms with van der Waals surface area (Å²) < 4.78 is 12.1. The average molecular weight is 423 g/mol. The quantitative estimate of drug-likeness (QED) is 0.339. The fourth-order valence-electron chi connectivity index (χ4n) is 3.85. The largest absolute Gasteiger partial charge is 0.497 e. The molecule has 0 fully saturated rings. The first-order chi connectivity index (χ1) is 15.7. The van der Waals surface area contributed by atoms with Gasteiger partial charge in [-0.15, -0.1) is 0 Å². The van der Waals surface area contributed by atoms with Gasteiger partial charge in [0, 0.05) is 18.2 Å². The van der Waals surface area contributed by atoms with Crippen molar-refractivity contribution in [2.24, 2.45) is 0 Å². The van der Waals surface area contributed by atoms with Crippen LogP contribution in [-0.4, -0.2) is 18.4 Å². The maximum Gasteiger partial charge on any atom is 0.151 e. The summed E-state index contributed by atoms with van der Waals surface area (Å²) in [7, 11) is 1.66. The number of aromatic nitrogens is 1. The van der Waals surface area contributed by atoms with E-state index in [1.54, 1.807) is 13.2 Å². The minimum Gasteiger partial charge on any atom is -0.497 e. The van der Waals surface area contributed by atoms with Crippen molar-refractivity contribution in [3.63, 3.8) is 0 Å². The van der Waals surface area contributed by atoms with Crippen LogP contribution >= 0.6 is 0 Å². The Kier molecular flexibility index (Phi) is 6.73. The number of ether oxygens (including phenoxy) is 2. The van der Waals surface area contributed by atoms with Gasteiger partial charge in [0.2, 0.25) is 0 Å². The van der Waals surface area contributed by atoms with E-state index in [1.165, 1.54) is 6.20 Å². The summed E-state index contributed by atoms with van der Waals surface area (Å²) >= 11 is 0. The van der Waals surface area contributed by atoms with Crippen LogP contribution < -0.4 is 4.74 Å². The Hall–Kier alpha value is -3.76. The highest BCUT2D eigenvalue weighted by Crippen LogP contribution is 2.38. The molecule has 4 aromatic rings. The molecule has 0 aliphatic heterocycles. The van der Waals surface area contributed by atoms with Crippen LogP contribution in [0.25, 0.3) is 0 Å². The van der Waals surface area contributed by atoms with Crippen LogP contribution in [-0.2, 0) is 23.4 Å². The van der Waals surface area contributed by atoms with E-state index in [-0.39, 0.29) is 6.61 Å². The van der Waals surface area contributed by atoms with Gasteiger partial charge < -0.3 is 9.47 Å². The molecule has 0 N–H and O–H groups in total. The zero-order valence-corrected chi connectivity index (χ0v) is 17.9. The zero-order chi connectivity index (χ0) is 22.2. The second-order valence-electron chi connectivity index (χ2n) is 7.50. The first-order valence-corrected chi connectivity index (χ1v) is 10.4.